The van der Waals surface area contributed by atoms with E-state index in [9.17, 15) is 0 Å². The SMILES string of the molecule is c1ccc(N(c2cc(N(c3ccccc3)c3ccc4ccccc4c3)c3c(c2)C(c2ccccc2)(c2ccccc2)c2ccccc2-3)c2ccc3ccccc3c2)cc1. The topological polar surface area (TPSA) is 6.48 Å². The van der Waals surface area contributed by atoms with Gasteiger partial charge < -0.3 is 9.80 Å². The molecule has 0 saturated heterocycles. The molecule has 0 heterocycles. The normalized spacial score (nSPS) is 12.5. The molecule has 0 unspecified atom stereocenters. The monoisotopic (exact) mass is 752 g/mol. The van der Waals surface area contributed by atoms with Crippen LogP contribution in [0.3, 0.4) is 0 Å². The van der Waals surface area contributed by atoms with Crippen LogP contribution in [0, 0.1) is 0 Å². The van der Waals surface area contributed by atoms with Crippen molar-refractivity contribution in [1.82, 2.24) is 0 Å². The summed E-state index contributed by atoms with van der Waals surface area (Å²) < 4.78 is 0. The van der Waals surface area contributed by atoms with Crippen molar-refractivity contribution in [3.8, 4) is 11.1 Å². The van der Waals surface area contributed by atoms with Gasteiger partial charge in [-0.25, -0.2) is 0 Å². The highest BCUT2D eigenvalue weighted by atomic mass is 15.2. The lowest BCUT2D eigenvalue weighted by atomic mass is 9.67. The Balaban J connectivity index is 1.30. The number of para-hydroxylation sites is 2. The van der Waals surface area contributed by atoms with E-state index in [4.69, 9.17) is 0 Å². The van der Waals surface area contributed by atoms with Crippen molar-refractivity contribution in [1.29, 1.82) is 0 Å². The number of rotatable bonds is 8. The molecule has 2 heteroatoms. The van der Waals surface area contributed by atoms with Crippen molar-refractivity contribution in [2.45, 2.75) is 5.41 Å². The molecule has 11 rings (SSSR count). The zero-order chi connectivity index (χ0) is 39.2. The molecule has 0 aromatic heterocycles. The first-order valence-corrected chi connectivity index (χ1v) is 20.3. The summed E-state index contributed by atoms with van der Waals surface area (Å²) >= 11 is 0. The van der Waals surface area contributed by atoms with E-state index in [1.807, 2.05) is 0 Å². The molecular formula is C57H40N2. The highest BCUT2D eigenvalue weighted by Crippen LogP contribution is 2.61. The van der Waals surface area contributed by atoms with Gasteiger partial charge in [-0.05, 0) is 110 Å². The molecule has 0 atom stereocenters. The van der Waals surface area contributed by atoms with Gasteiger partial charge in [0.05, 0.1) is 11.1 Å². The molecule has 59 heavy (non-hydrogen) atoms. The maximum Gasteiger partial charge on any atom is 0.0715 e. The van der Waals surface area contributed by atoms with E-state index in [1.54, 1.807) is 0 Å². The minimum Gasteiger partial charge on any atom is -0.310 e. The number of hydrogen-bond donors (Lipinski definition) is 0. The first kappa shape index (κ1) is 34.6. The second kappa shape index (κ2) is 14.4. The molecule has 0 saturated carbocycles. The molecule has 278 valence electrons. The number of benzene rings is 10. The Morgan fingerprint density at radius 3 is 1.27 bits per heavy atom. The zero-order valence-corrected chi connectivity index (χ0v) is 32.5. The third-order valence-electron chi connectivity index (χ3n) is 12.0. The second-order valence-corrected chi connectivity index (χ2v) is 15.3. The minimum atomic E-state index is -0.614. The smallest absolute Gasteiger partial charge is 0.0715 e. The van der Waals surface area contributed by atoms with Crippen molar-refractivity contribution < 1.29 is 0 Å². The standard InChI is InChI=1S/C57H40N2/c1-5-23-45(24-6-1)57(46-25-7-2-8-26-46)53-32-18-17-31-52(53)56-54(57)39-51(58(47-27-9-3-10-28-47)49-35-33-41-19-13-15-21-43(41)37-49)40-55(56)59(48-29-11-4-12-30-48)50-36-34-42-20-14-16-22-44(42)38-50/h1-40H. The molecule has 0 amide bonds. The summed E-state index contributed by atoms with van der Waals surface area (Å²) in [6.07, 6.45) is 0. The first-order chi connectivity index (χ1) is 29.3. The van der Waals surface area contributed by atoms with Gasteiger partial charge in [0.25, 0.3) is 0 Å². The Morgan fingerprint density at radius 1 is 0.271 bits per heavy atom. The fourth-order valence-electron chi connectivity index (χ4n) is 9.49. The fraction of sp³-hybridized carbons (Fsp3) is 0.0175. The average Bonchev–Trinajstić information content (AvgIpc) is 3.61. The molecular weight excluding hydrogens is 713 g/mol. The van der Waals surface area contributed by atoms with Crippen molar-refractivity contribution in [3.63, 3.8) is 0 Å². The van der Waals surface area contributed by atoms with Crippen molar-refractivity contribution >= 4 is 55.7 Å². The van der Waals surface area contributed by atoms with Gasteiger partial charge in [0.2, 0.25) is 0 Å². The predicted molar refractivity (Wildman–Crippen MR) is 248 cm³/mol. The van der Waals surface area contributed by atoms with Gasteiger partial charge in [-0.1, -0.05) is 182 Å². The number of nitrogens with zero attached hydrogens (tertiary/aromatic N) is 2. The number of hydrogen-bond acceptors (Lipinski definition) is 2. The van der Waals surface area contributed by atoms with Crippen LogP contribution in [0.2, 0.25) is 0 Å². The van der Waals surface area contributed by atoms with E-state index in [2.05, 4.69) is 252 Å². The summed E-state index contributed by atoms with van der Waals surface area (Å²) in [7, 11) is 0. The molecule has 1 aliphatic carbocycles. The largest absolute Gasteiger partial charge is 0.310 e. The minimum absolute atomic E-state index is 0.614. The van der Waals surface area contributed by atoms with Crippen LogP contribution in [-0.4, -0.2) is 0 Å². The van der Waals surface area contributed by atoms with Crippen LogP contribution in [0.25, 0.3) is 32.7 Å². The Bertz CT molecular complexity index is 3060. The van der Waals surface area contributed by atoms with Gasteiger partial charge in [-0.2, -0.15) is 0 Å². The van der Waals surface area contributed by atoms with E-state index in [1.165, 1.54) is 54.9 Å². The lowest BCUT2D eigenvalue weighted by molar-refractivity contribution is 0.768. The summed E-state index contributed by atoms with van der Waals surface area (Å²) in [5.41, 5.74) is 13.4. The Hall–Kier alpha value is -7.68. The van der Waals surface area contributed by atoms with Gasteiger partial charge in [-0.15, -0.1) is 0 Å². The lowest BCUT2D eigenvalue weighted by Crippen LogP contribution is -2.29. The van der Waals surface area contributed by atoms with E-state index in [0.717, 1.165) is 34.1 Å². The van der Waals surface area contributed by atoms with Gasteiger partial charge in [0.1, 0.15) is 0 Å². The quantitative estimate of drug-likeness (QED) is 0.152. The van der Waals surface area contributed by atoms with Crippen LogP contribution in [0.15, 0.2) is 243 Å². The van der Waals surface area contributed by atoms with Crippen LogP contribution < -0.4 is 9.80 Å². The highest BCUT2D eigenvalue weighted by Gasteiger charge is 2.48. The van der Waals surface area contributed by atoms with E-state index in [-0.39, 0.29) is 0 Å². The molecule has 0 fully saturated rings. The van der Waals surface area contributed by atoms with Gasteiger partial charge in [0.15, 0.2) is 0 Å². The fourth-order valence-corrected chi connectivity index (χ4v) is 9.49. The Kier molecular flexibility index (Phi) is 8.41. The molecule has 0 bridgehead atoms. The van der Waals surface area contributed by atoms with Crippen LogP contribution in [0.5, 0.6) is 0 Å². The molecule has 0 radical (unpaired) electrons. The molecule has 0 aliphatic heterocycles. The highest BCUT2D eigenvalue weighted by molar-refractivity contribution is 6.01. The first-order valence-electron chi connectivity index (χ1n) is 20.3. The average molecular weight is 753 g/mol. The van der Waals surface area contributed by atoms with Crippen molar-refractivity contribution in [3.05, 3.63) is 265 Å². The van der Waals surface area contributed by atoms with Gasteiger partial charge in [0, 0.05) is 34.0 Å². The Morgan fingerprint density at radius 2 is 0.712 bits per heavy atom. The van der Waals surface area contributed by atoms with Crippen LogP contribution in [0.1, 0.15) is 22.3 Å². The molecule has 1 aliphatic rings. The van der Waals surface area contributed by atoms with Crippen LogP contribution >= 0.6 is 0 Å². The second-order valence-electron chi connectivity index (χ2n) is 15.3. The summed E-state index contributed by atoms with van der Waals surface area (Å²) in [5.74, 6) is 0. The lowest BCUT2D eigenvalue weighted by Gasteiger charge is -2.36. The molecule has 10 aromatic carbocycles. The Labute approximate surface area is 345 Å². The van der Waals surface area contributed by atoms with Crippen LogP contribution in [-0.2, 0) is 5.41 Å². The van der Waals surface area contributed by atoms with E-state index >= 15 is 0 Å². The summed E-state index contributed by atoms with van der Waals surface area (Å²) in [4.78, 5) is 4.91. The summed E-state index contributed by atoms with van der Waals surface area (Å²) in [5, 5.41) is 4.83. The summed E-state index contributed by atoms with van der Waals surface area (Å²) in [6, 6.07) is 88.8. The predicted octanol–water partition coefficient (Wildman–Crippen LogP) is 15.3. The third kappa shape index (κ3) is 5.72. The van der Waals surface area contributed by atoms with Crippen molar-refractivity contribution in [2.24, 2.45) is 0 Å². The maximum atomic E-state index is 2.48. The summed E-state index contributed by atoms with van der Waals surface area (Å²) in [6.45, 7) is 0. The van der Waals surface area contributed by atoms with E-state index in [0.29, 0.717) is 0 Å². The van der Waals surface area contributed by atoms with Crippen molar-refractivity contribution in [2.75, 3.05) is 9.80 Å². The van der Waals surface area contributed by atoms with Crippen LogP contribution in [0.4, 0.5) is 34.1 Å². The number of fused-ring (bicyclic) bond motifs is 5. The molecule has 0 spiro atoms. The molecule has 10 aromatic rings. The molecule has 0 N–H and O–H groups in total. The maximum absolute atomic E-state index is 2.48. The van der Waals surface area contributed by atoms with Gasteiger partial charge >= 0.3 is 0 Å². The van der Waals surface area contributed by atoms with Gasteiger partial charge in [-0.3, -0.25) is 0 Å². The van der Waals surface area contributed by atoms with E-state index < -0.39 is 5.41 Å². The molecule has 2 nitrogen and oxygen atoms in total. The zero-order valence-electron chi connectivity index (χ0n) is 32.5. The number of anilines is 6. The third-order valence-corrected chi connectivity index (χ3v) is 12.0.